The summed E-state index contributed by atoms with van der Waals surface area (Å²) in [6.45, 7) is 4.51. The highest BCUT2D eigenvalue weighted by molar-refractivity contribution is 8.00. The van der Waals surface area contributed by atoms with Gasteiger partial charge in [0.15, 0.2) is 5.37 Å². The van der Waals surface area contributed by atoms with E-state index >= 15 is 0 Å². The van der Waals surface area contributed by atoms with Gasteiger partial charge in [-0.3, -0.25) is 9.59 Å². The molecule has 3 aromatic rings. The maximum absolute atomic E-state index is 13.8. The third kappa shape index (κ3) is 9.04. The molecule has 0 saturated heterocycles. The maximum Gasteiger partial charge on any atom is 0.312 e. The average Bonchev–Trinajstić information content (AvgIpc) is 3.11. The van der Waals surface area contributed by atoms with Gasteiger partial charge in [-0.1, -0.05) is 78.5 Å². The number of aliphatic hydroxyl groups excluding tert-OH is 2. The van der Waals surface area contributed by atoms with E-state index in [-0.39, 0.29) is 31.4 Å². The van der Waals surface area contributed by atoms with E-state index in [0.29, 0.717) is 19.6 Å². The van der Waals surface area contributed by atoms with Gasteiger partial charge >= 0.3 is 6.03 Å². The Morgan fingerprint density at radius 3 is 2.49 bits per heavy atom. The number of urea groups is 1. The van der Waals surface area contributed by atoms with Gasteiger partial charge in [0.1, 0.15) is 0 Å². The van der Waals surface area contributed by atoms with Crippen molar-refractivity contribution in [3.05, 3.63) is 89.5 Å². The molecule has 228 valence electrons. The quantitative estimate of drug-likeness (QED) is 0.185. The number of aliphatic hydroxyl groups is 2. The van der Waals surface area contributed by atoms with Crippen molar-refractivity contribution >= 4 is 29.6 Å². The van der Waals surface area contributed by atoms with E-state index < -0.39 is 23.0 Å². The first kappa shape index (κ1) is 32.0. The fourth-order valence-corrected chi connectivity index (χ4v) is 6.00. The summed E-state index contributed by atoms with van der Waals surface area (Å²) in [5, 5.41) is 26.6. The number of nitrogens with zero attached hydrogens (tertiary/aromatic N) is 1. The molecule has 0 fully saturated rings. The lowest BCUT2D eigenvalue weighted by molar-refractivity contribution is -0.135. The Bertz CT molecular complexity index is 1430. The fraction of sp³-hybridized carbons (Fsp3) is 0.344. The van der Waals surface area contributed by atoms with Crippen molar-refractivity contribution in [2.75, 3.05) is 13.2 Å². The number of primary amides is 1. The summed E-state index contributed by atoms with van der Waals surface area (Å²) >= 11 is 1.33. The summed E-state index contributed by atoms with van der Waals surface area (Å²) in [5.74, 6) is -0.488. The number of nitrogens with one attached hydrogen (secondary N) is 3. The number of hydrogen-bond donors (Lipinski definition) is 6. The molecule has 1 aliphatic heterocycles. The van der Waals surface area contributed by atoms with Crippen LogP contribution in [0, 0.1) is 0 Å². The Labute approximate surface area is 256 Å². The van der Waals surface area contributed by atoms with E-state index in [4.69, 9.17) is 10.8 Å². The van der Waals surface area contributed by atoms with Crippen LogP contribution in [0.4, 0.5) is 4.79 Å². The normalized spacial score (nSPS) is 15.8. The maximum atomic E-state index is 13.8. The number of β-amino-alcohol motifs (C(OH)–C–C–N with tert-alkyl or cyclic N) is 1. The number of benzene rings is 3. The van der Waals surface area contributed by atoms with Gasteiger partial charge in [-0.2, -0.15) is 0 Å². The van der Waals surface area contributed by atoms with Crippen molar-refractivity contribution in [1.82, 2.24) is 20.9 Å². The number of carbonyl (C=O) groups excluding carboxylic acids is 3. The lowest BCUT2D eigenvalue weighted by Crippen LogP contribution is -2.50. The minimum absolute atomic E-state index is 0.0784. The van der Waals surface area contributed by atoms with E-state index in [1.54, 1.807) is 4.90 Å². The second-order valence-electron chi connectivity index (χ2n) is 11.2. The lowest BCUT2D eigenvalue weighted by atomic mass is 9.98. The SMILES string of the molecule is CC(C)(CC(=O)N[C@@H]1Sc2ccccc2CN(Cc2ccc(-c3ccccc3CNC(N)=O)cc2)C1=O)NC[C@H](O)CO. The molecule has 0 aromatic heterocycles. The monoisotopic (exact) mass is 605 g/mol. The summed E-state index contributed by atoms with van der Waals surface area (Å²) < 4.78 is 0. The second kappa shape index (κ2) is 14.5. The van der Waals surface area contributed by atoms with Crippen LogP contribution in [0.3, 0.4) is 0 Å². The van der Waals surface area contributed by atoms with E-state index in [1.807, 2.05) is 86.6 Å². The Hall–Kier alpha value is -3.90. The Kier molecular flexibility index (Phi) is 10.8. The number of fused-ring (bicyclic) bond motifs is 1. The number of rotatable bonds is 12. The van der Waals surface area contributed by atoms with E-state index in [1.165, 1.54) is 11.8 Å². The summed E-state index contributed by atoms with van der Waals surface area (Å²) in [6, 6.07) is 22.9. The third-order valence-corrected chi connectivity index (χ3v) is 8.35. The molecule has 2 atom stereocenters. The molecule has 0 spiro atoms. The summed E-state index contributed by atoms with van der Waals surface area (Å²) in [5.41, 5.74) is 9.42. The molecule has 1 aliphatic rings. The van der Waals surface area contributed by atoms with Crippen molar-refractivity contribution in [2.24, 2.45) is 5.73 Å². The Morgan fingerprint density at radius 1 is 1.07 bits per heavy atom. The van der Waals surface area contributed by atoms with Gasteiger partial charge in [0.05, 0.1) is 12.7 Å². The van der Waals surface area contributed by atoms with Crippen LogP contribution in [-0.4, -0.2) is 63.1 Å². The van der Waals surface area contributed by atoms with Crippen molar-refractivity contribution < 1.29 is 24.6 Å². The molecule has 0 aliphatic carbocycles. The molecule has 4 amide bonds. The number of nitrogens with two attached hydrogens (primary N) is 1. The first-order valence-corrected chi connectivity index (χ1v) is 15.0. The minimum atomic E-state index is -0.922. The van der Waals surface area contributed by atoms with Crippen LogP contribution >= 0.6 is 11.8 Å². The predicted molar refractivity (Wildman–Crippen MR) is 167 cm³/mol. The zero-order valence-corrected chi connectivity index (χ0v) is 25.2. The molecule has 43 heavy (non-hydrogen) atoms. The standard InChI is InChI=1S/C32H39N5O5S/c1-32(2,35-17-25(39)20-38)15-28(40)36-29-30(41)37(19-24-8-4-6-10-27(24)43-29)18-21-11-13-22(14-12-21)26-9-5-3-7-23(26)16-34-31(33)42/h3-14,25,29,35,38-39H,15-20H2,1-2H3,(H,36,40)(H3,33,34,42)/t25-,29+/m0/s1. The van der Waals surface area contributed by atoms with Crippen molar-refractivity contribution in [2.45, 2.75) is 61.8 Å². The van der Waals surface area contributed by atoms with Gasteiger partial charge < -0.3 is 36.8 Å². The fourth-order valence-electron chi connectivity index (χ4n) is 4.87. The molecule has 3 aromatic carbocycles. The average molecular weight is 606 g/mol. The third-order valence-electron chi connectivity index (χ3n) is 7.14. The van der Waals surface area contributed by atoms with E-state index in [9.17, 15) is 19.5 Å². The number of carbonyl (C=O) groups is 3. The first-order valence-electron chi connectivity index (χ1n) is 14.1. The molecule has 0 bridgehead atoms. The van der Waals surface area contributed by atoms with Gasteiger partial charge in [0, 0.05) is 43.0 Å². The van der Waals surface area contributed by atoms with Crippen LogP contribution in [0.2, 0.25) is 0 Å². The molecule has 4 rings (SSSR count). The molecule has 0 radical (unpaired) electrons. The molecule has 1 heterocycles. The molecule has 7 N–H and O–H groups in total. The zero-order valence-electron chi connectivity index (χ0n) is 24.4. The van der Waals surface area contributed by atoms with Gasteiger partial charge in [-0.25, -0.2) is 4.79 Å². The Morgan fingerprint density at radius 2 is 1.77 bits per heavy atom. The zero-order chi connectivity index (χ0) is 31.0. The van der Waals surface area contributed by atoms with Crippen LogP contribution in [0.15, 0.2) is 77.7 Å². The highest BCUT2D eigenvalue weighted by Crippen LogP contribution is 2.33. The highest BCUT2D eigenvalue weighted by atomic mass is 32.2. The van der Waals surface area contributed by atoms with Crippen molar-refractivity contribution in [3.63, 3.8) is 0 Å². The van der Waals surface area contributed by atoms with E-state index in [2.05, 4.69) is 16.0 Å². The van der Waals surface area contributed by atoms with Crippen LogP contribution in [0.5, 0.6) is 0 Å². The smallest absolute Gasteiger partial charge is 0.312 e. The lowest BCUT2D eigenvalue weighted by Gasteiger charge is -2.29. The van der Waals surface area contributed by atoms with Gasteiger partial charge in [-0.15, -0.1) is 0 Å². The van der Waals surface area contributed by atoms with Crippen LogP contribution in [0.25, 0.3) is 11.1 Å². The highest BCUT2D eigenvalue weighted by Gasteiger charge is 2.33. The molecule has 0 saturated carbocycles. The summed E-state index contributed by atoms with van der Waals surface area (Å²) in [4.78, 5) is 40.8. The molecule has 10 nitrogen and oxygen atoms in total. The summed E-state index contributed by atoms with van der Waals surface area (Å²) in [6.07, 6.45) is -0.844. The number of thioether (sulfide) groups is 1. The molecular formula is C32H39N5O5S. The molecule has 11 heteroatoms. The van der Waals surface area contributed by atoms with E-state index in [0.717, 1.165) is 32.7 Å². The predicted octanol–water partition coefficient (Wildman–Crippen LogP) is 2.71. The molecule has 0 unspecified atom stereocenters. The van der Waals surface area contributed by atoms with Crippen LogP contribution in [-0.2, 0) is 29.2 Å². The second-order valence-corrected chi connectivity index (χ2v) is 12.4. The minimum Gasteiger partial charge on any atom is -0.394 e. The van der Waals surface area contributed by atoms with Crippen LogP contribution in [0.1, 0.15) is 37.0 Å². The Balaban J connectivity index is 1.49. The topological polar surface area (TPSA) is 157 Å². The summed E-state index contributed by atoms with van der Waals surface area (Å²) in [7, 11) is 0. The largest absolute Gasteiger partial charge is 0.394 e. The number of hydrogen-bond acceptors (Lipinski definition) is 7. The molecular weight excluding hydrogens is 566 g/mol. The van der Waals surface area contributed by atoms with Crippen LogP contribution < -0.4 is 21.7 Å². The first-order chi connectivity index (χ1) is 20.5. The number of amides is 4. The van der Waals surface area contributed by atoms with Gasteiger partial charge in [0.25, 0.3) is 5.91 Å². The van der Waals surface area contributed by atoms with Crippen molar-refractivity contribution in [3.8, 4) is 11.1 Å². The van der Waals surface area contributed by atoms with Gasteiger partial charge in [-0.05, 0) is 47.7 Å². The van der Waals surface area contributed by atoms with Gasteiger partial charge in [0.2, 0.25) is 5.91 Å². The van der Waals surface area contributed by atoms with Crippen molar-refractivity contribution in [1.29, 1.82) is 0 Å².